The van der Waals surface area contributed by atoms with Gasteiger partial charge in [-0.25, -0.2) is 4.79 Å². The molecule has 34 heavy (non-hydrogen) atoms. The lowest BCUT2D eigenvalue weighted by Crippen LogP contribution is -2.47. The number of carbonyl (C=O) groups excluding carboxylic acids is 1. The topological polar surface area (TPSA) is 115 Å². The lowest BCUT2D eigenvalue weighted by molar-refractivity contribution is 0.125. The molecule has 0 heterocycles. The van der Waals surface area contributed by atoms with Crippen molar-refractivity contribution in [2.24, 2.45) is 17.6 Å². The molecule has 8 heteroatoms. The molecule has 1 aromatic rings. The number of hydrogen-bond acceptors (Lipinski definition) is 6. The van der Waals surface area contributed by atoms with Crippen LogP contribution in [0, 0.1) is 11.8 Å². The molecule has 0 fully saturated rings. The number of nitrogens with two attached hydrogens (primary N) is 1. The summed E-state index contributed by atoms with van der Waals surface area (Å²) in [6, 6.07) is 5.29. The third-order valence-electron chi connectivity index (χ3n) is 6.03. The molecule has 0 aliphatic rings. The molecule has 1 rings (SSSR count). The molecule has 0 unspecified atom stereocenters. The predicted octanol–water partition coefficient (Wildman–Crippen LogP) is 3.49. The van der Waals surface area contributed by atoms with Gasteiger partial charge >= 0.3 is 6.03 Å². The number of hydrogen-bond donors (Lipinski definition) is 4. The second-order valence-corrected chi connectivity index (χ2v) is 9.20. The maximum Gasteiger partial charge on any atom is 0.314 e. The van der Waals surface area contributed by atoms with Crippen LogP contribution in [-0.4, -0.2) is 63.8 Å². The van der Waals surface area contributed by atoms with Gasteiger partial charge in [-0.3, -0.25) is 0 Å². The van der Waals surface area contributed by atoms with Gasteiger partial charge in [0.05, 0.1) is 19.8 Å². The van der Waals surface area contributed by atoms with Gasteiger partial charge in [-0.15, -0.1) is 0 Å². The number of benzene rings is 1. The SMILES string of the molecule is CCCCCNC(=O)NC[C@@H](O)[C@@H](N)C[C@H](Cc1ccc(OC)c(OCCCOC)c1)C(C)C. The lowest BCUT2D eigenvalue weighted by atomic mass is 9.83. The van der Waals surface area contributed by atoms with E-state index in [1.165, 1.54) is 0 Å². The highest BCUT2D eigenvalue weighted by molar-refractivity contribution is 5.73. The van der Waals surface area contributed by atoms with Crippen LogP contribution >= 0.6 is 0 Å². The summed E-state index contributed by atoms with van der Waals surface area (Å²) >= 11 is 0. The molecule has 0 aliphatic heterocycles. The summed E-state index contributed by atoms with van der Waals surface area (Å²) in [5.41, 5.74) is 7.46. The summed E-state index contributed by atoms with van der Waals surface area (Å²) in [6.45, 7) is 8.41. The highest BCUT2D eigenvalue weighted by Gasteiger charge is 2.23. The minimum atomic E-state index is -0.807. The van der Waals surface area contributed by atoms with Gasteiger partial charge in [0, 0.05) is 39.3 Å². The Labute approximate surface area is 205 Å². The molecule has 3 atom stereocenters. The van der Waals surface area contributed by atoms with E-state index in [0.29, 0.717) is 37.8 Å². The number of carbonyl (C=O) groups is 1. The Bertz CT molecular complexity index is 686. The largest absolute Gasteiger partial charge is 0.493 e. The molecular weight excluding hydrogens is 434 g/mol. The Balaban J connectivity index is 2.63. The molecule has 0 radical (unpaired) electrons. The van der Waals surface area contributed by atoms with Crippen molar-refractivity contribution in [3.05, 3.63) is 23.8 Å². The van der Waals surface area contributed by atoms with Crippen molar-refractivity contribution in [1.29, 1.82) is 0 Å². The smallest absolute Gasteiger partial charge is 0.314 e. The third kappa shape index (κ3) is 11.9. The fourth-order valence-electron chi connectivity index (χ4n) is 3.73. The van der Waals surface area contributed by atoms with Gasteiger partial charge in [-0.1, -0.05) is 39.7 Å². The minimum Gasteiger partial charge on any atom is -0.493 e. The molecule has 0 spiro atoms. The van der Waals surface area contributed by atoms with Crippen molar-refractivity contribution in [1.82, 2.24) is 10.6 Å². The van der Waals surface area contributed by atoms with E-state index in [4.69, 9.17) is 19.9 Å². The Kier molecular flexibility index (Phi) is 15.4. The van der Waals surface area contributed by atoms with Crippen LogP contribution in [0.15, 0.2) is 18.2 Å². The molecule has 2 amide bonds. The number of ether oxygens (including phenoxy) is 3. The van der Waals surface area contributed by atoms with E-state index >= 15 is 0 Å². The normalized spacial score (nSPS) is 13.9. The van der Waals surface area contributed by atoms with E-state index in [1.807, 2.05) is 18.2 Å². The Morgan fingerprint density at radius 2 is 1.85 bits per heavy atom. The Morgan fingerprint density at radius 1 is 1.09 bits per heavy atom. The van der Waals surface area contributed by atoms with Gasteiger partial charge in [0.15, 0.2) is 11.5 Å². The lowest BCUT2D eigenvalue weighted by Gasteiger charge is -2.27. The van der Waals surface area contributed by atoms with Crippen LogP contribution in [0.5, 0.6) is 11.5 Å². The standard InChI is InChI=1S/C26H47N3O5/c1-6-7-8-12-28-26(31)29-18-23(30)22(27)17-21(19(2)3)15-20-10-11-24(33-5)25(16-20)34-14-9-13-32-4/h10-11,16,19,21-23,30H,6-9,12-15,17-18,27H2,1-5H3,(H2,28,29,31)/t21-,22-,23+/m0/s1. The number of urea groups is 1. The average molecular weight is 482 g/mol. The van der Waals surface area contributed by atoms with E-state index < -0.39 is 12.1 Å². The van der Waals surface area contributed by atoms with Crippen molar-refractivity contribution < 1.29 is 24.1 Å². The number of rotatable bonds is 18. The van der Waals surface area contributed by atoms with Gasteiger partial charge < -0.3 is 35.7 Å². The first-order valence-corrected chi connectivity index (χ1v) is 12.6. The molecule has 5 N–H and O–H groups in total. The molecular formula is C26H47N3O5. The fraction of sp³-hybridized carbons (Fsp3) is 0.731. The number of nitrogens with one attached hydrogen (secondary N) is 2. The van der Waals surface area contributed by atoms with E-state index in [-0.39, 0.29) is 18.5 Å². The molecule has 1 aromatic carbocycles. The number of amides is 2. The van der Waals surface area contributed by atoms with E-state index in [0.717, 1.165) is 43.4 Å². The number of unbranched alkanes of at least 4 members (excludes halogenated alkanes) is 2. The minimum absolute atomic E-state index is 0.133. The molecule has 0 saturated carbocycles. The van der Waals surface area contributed by atoms with Crippen molar-refractivity contribution in [3.63, 3.8) is 0 Å². The molecule has 0 aromatic heterocycles. The Hall–Kier alpha value is -2.03. The van der Waals surface area contributed by atoms with Crippen LogP contribution in [0.2, 0.25) is 0 Å². The third-order valence-corrected chi connectivity index (χ3v) is 6.03. The second-order valence-electron chi connectivity index (χ2n) is 9.20. The van der Waals surface area contributed by atoms with Crippen molar-refractivity contribution in [2.45, 2.75) is 71.4 Å². The van der Waals surface area contributed by atoms with Crippen molar-refractivity contribution in [2.75, 3.05) is 40.5 Å². The maximum absolute atomic E-state index is 11.9. The van der Waals surface area contributed by atoms with Crippen LogP contribution in [0.25, 0.3) is 0 Å². The summed E-state index contributed by atoms with van der Waals surface area (Å²) in [4.78, 5) is 11.9. The van der Waals surface area contributed by atoms with Crippen molar-refractivity contribution in [3.8, 4) is 11.5 Å². The fourth-order valence-corrected chi connectivity index (χ4v) is 3.73. The van der Waals surface area contributed by atoms with E-state index in [1.54, 1.807) is 14.2 Å². The molecule has 0 aliphatic carbocycles. The van der Waals surface area contributed by atoms with Crippen LogP contribution in [-0.2, 0) is 11.2 Å². The molecule has 0 bridgehead atoms. The van der Waals surface area contributed by atoms with E-state index in [2.05, 4.69) is 31.4 Å². The van der Waals surface area contributed by atoms with Crippen LogP contribution in [0.1, 0.15) is 58.4 Å². The van der Waals surface area contributed by atoms with Crippen molar-refractivity contribution >= 4 is 6.03 Å². The highest BCUT2D eigenvalue weighted by atomic mass is 16.5. The van der Waals surface area contributed by atoms with Crippen LogP contribution in [0.4, 0.5) is 4.79 Å². The quantitative estimate of drug-likeness (QED) is 0.239. The zero-order chi connectivity index (χ0) is 25.3. The zero-order valence-corrected chi connectivity index (χ0v) is 21.8. The second kappa shape index (κ2) is 17.4. The summed E-state index contributed by atoms with van der Waals surface area (Å²) in [6.07, 6.45) is 4.59. The first kappa shape index (κ1) is 30.0. The van der Waals surface area contributed by atoms with Gasteiger partial charge in [0.2, 0.25) is 0 Å². The zero-order valence-electron chi connectivity index (χ0n) is 21.8. The monoisotopic (exact) mass is 481 g/mol. The maximum atomic E-state index is 11.9. The first-order valence-electron chi connectivity index (χ1n) is 12.6. The summed E-state index contributed by atoms with van der Waals surface area (Å²) in [5.74, 6) is 2.06. The molecule has 8 nitrogen and oxygen atoms in total. The van der Waals surface area contributed by atoms with Crippen LogP contribution < -0.4 is 25.8 Å². The molecule has 196 valence electrons. The van der Waals surface area contributed by atoms with Gasteiger partial charge in [0.25, 0.3) is 0 Å². The highest BCUT2D eigenvalue weighted by Crippen LogP contribution is 2.31. The summed E-state index contributed by atoms with van der Waals surface area (Å²) in [5, 5.41) is 16.0. The van der Waals surface area contributed by atoms with Gasteiger partial charge in [-0.05, 0) is 48.8 Å². The average Bonchev–Trinajstić information content (AvgIpc) is 2.82. The first-order chi connectivity index (χ1) is 16.3. The summed E-state index contributed by atoms with van der Waals surface area (Å²) < 4.78 is 16.4. The Morgan fingerprint density at radius 3 is 2.50 bits per heavy atom. The predicted molar refractivity (Wildman–Crippen MR) is 137 cm³/mol. The molecule has 0 saturated heterocycles. The van der Waals surface area contributed by atoms with Crippen LogP contribution in [0.3, 0.4) is 0 Å². The number of methoxy groups -OCH3 is 2. The number of aliphatic hydroxyl groups excluding tert-OH is 1. The number of aliphatic hydroxyl groups is 1. The van der Waals surface area contributed by atoms with Gasteiger partial charge in [0.1, 0.15) is 0 Å². The van der Waals surface area contributed by atoms with Gasteiger partial charge in [-0.2, -0.15) is 0 Å². The summed E-state index contributed by atoms with van der Waals surface area (Å²) in [7, 11) is 3.31. The van der Waals surface area contributed by atoms with E-state index in [9.17, 15) is 9.90 Å².